The summed E-state index contributed by atoms with van der Waals surface area (Å²) in [7, 11) is 0. The summed E-state index contributed by atoms with van der Waals surface area (Å²) in [6.45, 7) is 7.20. The molecule has 4 heterocycles. The molecule has 0 saturated carbocycles. The van der Waals surface area contributed by atoms with E-state index in [0.717, 1.165) is 87.7 Å². The second-order valence-corrected chi connectivity index (χ2v) is 7.35. The third-order valence-corrected chi connectivity index (χ3v) is 5.39. The van der Waals surface area contributed by atoms with E-state index in [1.807, 2.05) is 15.8 Å². The van der Waals surface area contributed by atoms with Crippen LogP contribution >= 0.6 is 0 Å². The van der Waals surface area contributed by atoms with Crippen molar-refractivity contribution in [1.82, 2.24) is 29.5 Å². The number of piperidine rings is 1. The van der Waals surface area contributed by atoms with Gasteiger partial charge >= 0.3 is 0 Å². The highest BCUT2D eigenvalue weighted by atomic mass is 16.2. The lowest BCUT2D eigenvalue weighted by atomic mass is 10.0. The van der Waals surface area contributed by atoms with Crippen LogP contribution < -0.4 is 0 Å². The lowest BCUT2D eigenvalue weighted by molar-refractivity contribution is 0.0708. The first-order valence-electron chi connectivity index (χ1n) is 9.84. The molecule has 2 aliphatic rings. The molecule has 0 unspecified atom stereocenters. The van der Waals surface area contributed by atoms with E-state index in [4.69, 9.17) is 5.10 Å². The molecule has 0 radical (unpaired) electrons. The van der Waals surface area contributed by atoms with Gasteiger partial charge in [-0.15, -0.1) is 0 Å². The number of hydrogen-bond acceptors (Lipinski definition) is 4. The van der Waals surface area contributed by atoms with Crippen LogP contribution in [0.15, 0.2) is 12.4 Å². The van der Waals surface area contributed by atoms with Crippen molar-refractivity contribution in [3.05, 3.63) is 35.2 Å². The normalized spacial score (nSPS) is 18.1. The summed E-state index contributed by atoms with van der Waals surface area (Å²) < 4.78 is 1.97. The molecule has 0 aromatic carbocycles. The Morgan fingerprint density at radius 2 is 2.08 bits per heavy atom. The molecular formula is C19H28N6O. The maximum atomic E-state index is 13.3. The van der Waals surface area contributed by atoms with Crippen LogP contribution in [-0.2, 0) is 26.1 Å². The summed E-state index contributed by atoms with van der Waals surface area (Å²) in [5.74, 6) is 1.14. The highest BCUT2D eigenvalue weighted by molar-refractivity contribution is 5.94. The maximum absolute atomic E-state index is 13.3. The van der Waals surface area contributed by atoms with E-state index in [9.17, 15) is 4.79 Å². The average Bonchev–Trinajstić information content (AvgIpc) is 3.29. The Morgan fingerprint density at radius 1 is 1.23 bits per heavy atom. The predicted octanol–water partition coefficient (Wildman–Crippen LogP) is 2.20. The summed E-state index contributed by atoms with van der Waals surface area (Å²) >= 11 is 0. The molecule has 0 aliphatic carbocycles. The number of aromatic amines is 1. The van der Waals surface area contributed by atoms with Gasteiger partial charge in [0.25, 0.3) is 5.91 Å². The molecule has 26 heavy (non-hydrogen) atoms. The van der Waals surface area contributed by atoms with Crippen LogP contribution in [0.5, 0.6) is 0 Å². The van der Waals surface area contributed by atoms with Gasteiger partial charge in [-0.25, -0.2) is 4.98 Å². The zero-order valence-electron chi connectivity index (χ0n) is 15.6. The number of nitrogens with zero attached hydrogens (tertiary/aromatic N) is 5. The molecule has 0 atom stereocenters. The number of likely N-dealkylation sites (tertiary alicyclic amines) is 1. The molecule has 1 fully saturated rings. The van der Waals surface area contributed by atoms with E-state index in [1.54, 1.807) is 6.20 Å². The van der Waals surface area contributed by atoms with Crippen LogP contribution in [0.3, 0.4) is 0 Å². The van der Waals surface area contributed by atoms with Crippen molar-refractivity contribution in [3.8, 4) is 0 Å². The number of amides is 1. The summed E-state index contributed by atoms with van der Waals surface area (Å²) in [4.78, 5) is 25.2. The smallest absolute Gasteiger partial charge is 0.272 e. The average molecular weight is 356 g/mol. The van der Waals surface area contributed by atoms with Crippen LogP contribution in [0.2, 0.25) is 0 Å². The first-order chi connectivity index (χ1) is 12.8. The quantitative estimate of drug-likeness (QED) is 0.892. The van der Waals surface area contributed by atoms with Gasteiger partial charge in [0.1, 0.15) is 11.5 Å². The van der Waals surface area contributed by atoms with Gasteiger partial charge in [-0.3, -0.25) is 14.4 Å². The number of hydrogen-bond donors (Lipinski definition) is 1. The van der Waals surface area contributed by atoms with Gasteiger partial charge < -0.3 is 9.88 Å². The Hall–Kier alpha value is -2.15. The third-order valence-electron chi connectivity index (χ3n) is 5.39. The number of rotatable bonds is 5. The molecule has 0 bridgehead atoms. The fourth-order valence-corrected chi connectivity index (χ4v) is 4.07. The standard InChI is InChI=1S/C19H28N6O/c1-2-9-25-18(19(26)24-10-4-3-5-11-24)15-13-23(12-6-16(15)22-25)14-17-20-7-8-21-17/h7-8H,2-6,9-14H2,1H3,(H,20,21). The van der Waals surface area contributed by atoms with Gasteiger partial charge in [-0.1, -0.05) is 6.92 Å². The van der Waals surface area contributed by atoms with Crippen molar-refractivity contribution < 1.29 is 4.79 Å². The van der Waals surface area contributed by atoms with Gasteiger partial charge in [0, 0.05) is 57.1 Å². The van der Waals surface area contributed by atoms with Crippen molar-refractivity contribution in [3.63, 3.8) is 0 Å². The van der Waals surface area contributed by atoms with E-state index in [1.165, 1.54) is 6.42 Å². The van der Waals surface area contributed by atoms with Gasteiger partial charge in [0.05, 0.1) is 12.2 Å². The minimum atomic E-state index is 0.173. The van der Waals surface area contributed by atoms with E-state index < -0.39 is 0 Å². The lowest BCUT2D eigenvalue weighted by Crippen LogP contribution is -2.38. The second kappa shape index (κ2) is 7.61. The zero-order chi connectivity index (χ0) is 17.9. The van der Waals surface area contributed by atoms with Crippen LogP contribution in [0, 0.1) is 0 Å². The number of carbonyl (C=O) groups is 1. The number of fused-ring (bicyclic) bond motifs is 1. The lowest BCUT2D eigenvalue weighted by Gasteiger charge is -2.29. The van der Waals surface area contributed by atoms with Crippen molar-refractivity contribution in [1.29, 1.82) is 0 Å². The molecule has 1 N–H and O–H groups in total. The highest BCUT2D eigenvalue weighted by Crippen LogP contribution is 2.25. The van der Waals surface area contributed by atoms with Crippen molar-refractivity contribution in [2.45, 2.75) is 58.7 Å². The zero-order valence-corrected chi connectivity index (χ0v) is 15.6. The number of H-pyrrole nitrogens is 1. The van der Waals surface area contributed by atoms with E-state index >= 15 is 0 Å². The maximum Gasteiger partial charge on any atom is 0.272 e. The SMILES string of the molecule is CCCn1nc2c(c1C(=O)N1CCCCC1)CN(Cc1ncc[nH]1)CC2. The van der Waals surface area contributed by atoms with E-state index in [-0.39, 0.29) is 5.91 Å². The fraction of sp³-hybridized carbons (Fsp3) is 0.632. The van der Waals surface area contributed by atoms with E-state index in [0.29, 0.717) is 0 Å². The largest absolute Gasteiger partial charge is 0.348 e. The first kappa shape index (κ1) is 17.3. The molecule has 2 aromatic rings. The Kier molecular flexibility index (Phi) is 5.06. The van der Waals surface area contributed by atoms with E-state index in [2.05, 4.69) is 21.8 Å². The molecule has 1 amide bonds. The molecule has 140 valence electrons. The minimum Gasteiger partial charge on any atom is -0.348 e. The molecule has 1 saturated heterocycles. The number of aromatic nitrogens is 4. The number of aryl methyl sites for hydroxylation is 1. The monoisotopic (exact) mass is 356 g/mol. The summed E-state index contributed by atoms with van der Waals surface area (Å²) in [6.07, 6.45) is 8.97. The number of imidazole rings is 1. The molecular weight excluding hydrogens is 328 g/mol. The minimum absolute atomic E-state index is 0.173. The topological polar surface area (TPSA) is 70.1 Å². The Balaban J connectivity index is 1.60. The molecule has 7 nitrogen and oxygen atoms in total. The summed E-state index contributed by atoms with van der Waals surface area (Å²) in [5.41, 5.74) is 3.06. The second-order valence-electron chi connectivity index (χ2n) is 7.35. The molecule has 0 spiro atoms. The van der Waals surface area contributed by atoms with Gasteiger partial charge in [-0.2, -0.15) is 5.10 Å². The van der Waals surface area contributed by atoms with Crippen LogP contribution in [0.1, 0.15) is 60.2 Å². The number of carbonyl (C=O) groups excluding carboxylic acids is 1. The van der Waals surface area contributed by atoms with Crippen molar-refractivity contribution in [2.75, 3.05) is 19.6 Å². The molecule has 7 heteroatoms. The highest BCUT2D eigenvalue weighted by Gasteiger charge is 2.31. The van der Waals surface area contributed by atoms with Gasteiger partial charge in [0.2, 0.25) is 0 Å². The summed E-state index contributed by atoms with van der Waals surface area (Å²) in [6, 6.07) is 0. The Labute approximate surface area is 154 Å². The van der Waals surface area contributed by atoms with Crippen molar-refractivity contribution in [2.24, 2.45) is 0 Å². The number of nitrogens with one attached hydrogen (secondary N) is 1. The third kappa shape index (κ3) is 3.40. The summed E-state index contributed by atoms with van der Waals surface area (Å²) in [5, 5.41) is 4.81. The van der Waals surface area contributed by atoms with Crippen LogP contribution in [0.4, 0.5) is 0 Å². The van der Waals surface area contributed by atoms with Gasteiger partial charge in [-0.05, 0) is 25.7 Å². The predicted molar refractivity (Wildman–Crippen MR) is 98.7 cm³/mol. The van der Waals surface area contributed by atoms with Gasteiger partial charge in [0.15, 0.2) is 0 Å². The Morgan fingerprint density at radius 3 is 2.81 bits per heavy atom. The molecule has 2 aliphatic heterocycles. The van der Waals surface area contributed by atoms with Crippen LogP contribution in [-0.4, -0.2) is 55.1 Å². The molecule has 2 aromatic heterocycles. The fourth-order valence-electron chi connectivity index (χ4n) is 4.07. The van der Waals surface area contributed by atoms with Crippen molar-refractivity contribution >= 4 is 5.91 Å². The Bertz CT molecular complexity index is 744. The molecule has 4 rings (SSSR count). The first-order valence-corrected chi connectivity index (χ1v) is 9.84. The van der Waals surface area contributed by atoms with Crippen LogP contribution in [0.25, 0.3) is 0 Å².